The summed E-state index contributed by atoms with van der Waals surface area (Å²) in [6, 6.07) is 21.4. The number of carbonyl (C=O) groups is 1. The highest BCUT2D eigenvalue weighted by molar-refractivity contribution is 5.74. The van der Waals surface area contributed by atoms with Crippen LogP contribution in [0.3, 0.4) is 0 Å². The summed E-state index contributed by atoms with van der Waals surface area (Å²) in [5.41, 5.74) is 2.63. The Morgan fingerprint density at radius 1 is 0.917 bits per heavy atom. The molecule has 24 heavy (non-hydrogen) atoms. The van der Waals surface area contributed by atoms with Crippen molar-refractivity contribution in [1.82, 2.24) is 0 Å². The van der Waals surface area contributed by atoms with Crippen LogP contribution >= 0.6 is 0 Å². The molecule has 0 unspecified atom stereocenters. The Morgan fingerprint density at radius 3 is 2.00 bits per heavy atom. The SMILES string of the molecule is COC(=O)[C@H]1[C@H]2CC[C@@H](C2)[C@@H]1C(c1ccccc1)c1ccccc1. The van der Waals surface area contributed by atoms with Crippen molar-refractivity contribution in [3.05, 3.63) is 71.8 Å². The molecule has 2 aromatic rings. The molecule has 2 heteroatoms. The summed E-state index contributed by atoms with van der Waals surface area (Å²) in [6.45, 7) is 0. The second-order valence-corrected chi connectivity index (χ2v) is 7.26. The zero-order valence-corrected chi connectivity index (χ0v) is 14.1. The molecular formula is C22H24O2. The second kappa shape index (κ2) is 6.43. The largest absolute Gasteiger partial charge is 0.469 e. The molecule has 0 saturated heterocycles. The fourth-order valence-corrected chi connectivity index (χ4v) is 5.26. The molecule has 2 saturated carbocycles. The number of rotatable bonds is 4. The van der Waals surface area contributed by atoms with Gasteiger partial charge in [0.05, 0.1) is 13.0 Å². The number of carbonyl (C=O) groups excluding carboxylic acids is 1. The highest BCUT2D eigenvalue weighted by Gasteiger charge is 2.54. The lowest BCUT2D eigenvalue weighted by Crippen LogP contribution is -2.34. The summed E-state index contributed by atoms with van der Waals surface area (Å²) < 4.78 is 5.20. The molecule has 2 nitrogen and oxygen atoms in total. The average molecular weight is 320 g/mol. The number of fused-ring (bicyclic) bond motifs is 2. The molecule has 124 valence electrons. The Balaban J connectivity index is 1.80. The van der Waals surface area contributed by atoms with Crippen LogP contribution in [0.5, 0.6) is 0 Å². The van der Waals surface area contributed by atoms with Crippen LogP contribution in [0.1, 0.15) is 36.3 Å². The summed E-state index contributed by atoms with van der Waals surface area (Å²) in [5.74, 6) is 1.78. The Labute approximate surface area is 143 Å². The third-order valence-electron chi connectivity index (χ3n) is 6.16. The topological polar surface area (TPSA) is 26.3 Å². The van der Waals surface area contributed by atoms with Gasteiger partial charge in [-0.2, -0.15) is 0 Å². The highest BCUT2D eigenvalue weighted by atomic mass is 16.5. The average Bonchev–Trinajstić information content (AvgIpc) is 3.25. The third kappa shape index (κ3) is 2.54. The fraction of sp³-hybridized carbons (Fsp3) is 0.409. The summed E-state index contributed by atoms with van der Waals surface area (Å²) in [5, 5.41) is 0. The molecule has 4 rings (SSSR count). The molecule has 2 aromatic carbocycles. The first-order valence-corrected chi connectivity index (χ1v) is 8.97. The molecule has 0 spiro atoms. The molecule has 4 atom stereocenters. The Morgan fingerprint density at radius 2 is 1.46 bits per heavy atom. The first kappa shape index (κ1) is 15.4. The van der Waals surface area contributed by atoms with E-state index in [1.807, 2.05) is 0 Å². The molecule has 0 N–H and O–H groups in total. The van der Waals surface area contributed by atoms with Crippen LogP contribution in [-0.2, 0) is 9.53 Å². The van der Waals surface area contributed by atoms with Crippen LogP contribution in [0.2, 0.25) is 0 Å². The van der Waals surface area contributed by atoms with Crippen LogP contribution in [0, 0.1) is 23.7 Å². The maximum absolute atomic E-state index is 12.6. The van der Waals surface area contributed by atoms with Crippen LogP contribution in [0.15, 0.2) is 60.7 Å². The highest BCUT2D eigenvalue weighted by Crippen LogP contribution is 2.58. The predicted molar refractivity (Wildman–Crippen MR) is 94.6 cm³/mol. The van der Waals surface area contributed by atoms with E-state index in [4.69, 9.17) is 4.74 Å². The van der Waals surface area contributed by atoms with Crippen molar-refractivity contribution in [3.8, 4) is 0 Å². The van der Waals surface area contributed by atoms with Gasteiger partial charge in [0, 0.05) is 5.92 Å². The van der Waals surface area contributed by atoms with Gasteiger partial charge in [0.1, 0.15) is 0 Å². The van der Waals surface area contributed by atoms with Crippen molar-refractivity contribution >= 4 is 5.97 Å². The number of ether oxygens (including phenoxy) is 1. The maximum Gasteiger partial charge on any atom is 0.309 e. The molecule has 2 aliphatic rings. The number of esters is 1. The van der Waals surface area contributed by atoms with Crippen molar-refractivity contribution in [2.75, 3.05) is 7.11 Å². The minimum absolute atomic E-state index is 0.0101. The molecule has 0 amide bonds. The van der Waals surface area contributed by atoms with Crippen molar-refractivity contribution in [3.63, 3.8) is 0 Å². The smallest absolute Gasteiger partial charge is 0.309 e. The number of hydrogen-bond donors (Lipinski definition) is 0. The molecule has 2 bridgehead atoms. The number of benzene rings is 2. The first-order valence-electron chi connectivity index (χ1n) is 8.97. The van der Waals surface area contributed by atoms with E-state index >= 15 is 0 Å². The minimum Gasteiger partial charge on any atom is -0.469 e. The van der Waals surface area contributed by atoms with E-state index < -0.39 is 0 Å². The van der Waals surface area contributed by atoms with Gasteiger partial charge in [0.2, 0.25) is 0 Å². The van der Waals surface area contributed by atoms with Crippen molar-refractivity contribution in [2.45, 2.75) is 25.2 Å². The second-order valence-electron chi connectivity index (χ2n) is 7.26. The van der Waals surface area contributed by atoms with E-state index in [0.717, 1.165) is 0 Å². The molecule has 2 fully saturated rings. The summed E-state index contributed by atoms with van der Waals surface area (Å²) in [6.07, 6.45) is 3.61. The normalized spacial score (nSPS) is 28.2. The van der Waals surface area contributed by atoms with Gasteiger partial charge >= 0.3 is 5.97 Å². The third-order valence-corrected chi connectivity index (χ3v) is 6.16. The predicted octanol–water partition coefficient (Wildman–Crippen LogP) is 4.65. The summed E-state index contributed by atoms with van der Waals surface area (Å²) >= 11 is 0. The van der Waals surface area contributed by atoms with Gasteiger partial charge in [-0.15, -0.1) is 0 Å². The Hall–Kier alpha value is -2.09. The Kier molecular flexibility index (Phi) is 4.13. The quantitative estimate of drug-likeness (QED) is 0.766. The lowest BCUT2D eigenvalue weighted by Gasteiger charge is -2.36. The lowest BCUT2D eigenvalue weighted by atomic mass is 9.68. The van der Waals surface area contributed by atoms with E-state index in [0.29, 0.717) is 17.8 Å². The lowest BCUT2D eigenvalue weighted by molar-refractivity contribution is -0.149. The molecule has 0 heterocycles. The number of hydrogen-bond acceptors (Lipinski definition) is 2. The zero-order valence-electron chi connectivity index (χ0n) is 14.1. The monoisotopic (exact) mass is 320 g/mol. The van der Waals surface area contributed by atoms with E-state index in [9.17, 15) is 4.79 Å². The number of methoxy groups -OCH3 is 1. The van der Waals surface area contributed by atoms with E-state index in [1.165, 1.54) is 37.5 Å². The summed E-state index contributed by atoms with van der Waals surface area (Å²) in [7, 11) is 1.53. The van der Waals surface area contributed by atoms with Crippen molar-refractivity contribution < 1.29 is 9.53 Å². The summed E-state index contributed by atoms with van der Waals surface area (Å²) in [4.78, 5) is 12.6. The van der Waals surface area contributed by atoms with Crippen LogP contribution in [0.25, 0.3) is 0 Å². The van der Waals surface area contributed by atoms with Gasteiger partial charge in [-0.25, -0.2) is 0 Å². The fourth-order valence-electron chi connectivity index (χ4n) is 5.26. The molecule has 0 radical (unpaired) electrons. The molecule has 0 aromatic heterocycles. The van der Waals surface area contributed by atoms with Gasteiger partial charge in [-0.1, -0.05) is 60.7 Å². The van der Waals surface area contributed by atoms with Gasteiger partial charge in [0.15, 0.2) is 0 Å². The van der Waals surface area contributed by atoms with Crippen LogP contribution in [0.4, 0.5) is 0 Å². The Bertz CT molecular complexity index is 655. The standard InChI is InChI=1S/C22H24O2/c1-24-22(23)21-18-13-12-17(14-18)20(21)19(15-8-4-2-5-9-15)16-10-6-3-7-11-16/h2-11,17-21H,12-14H2,1H3/t17-,18-,20+,21-/m0/s1. The van der Waals surface area contributed by atoms with E-state index in [2.05, 4.69) is 60.7 Å². The molecule has 2 aliphatic carbocycles. The zero-order chi connectivity index (χ0) is 16.5. The molecule has 0 aliphatic heterocycles. The first-order chi connectivity index (χ1) is 11.8. The van der Waals surface area contributed by atoms with Gasteiger partial charge in [0.25, 0.3) is 0 Å². The molecular weight excluding hydrogens is 296 g/mol. The van der Waals surface area contributed by atoms with Crippen LogP contribution in [-0.4, -0.2) is 13.1 Å². The van der Waals surface area contributed by atoms with E-state index in [1.54, 1.807) is 0 Å². The van der Waals surface area contributed by atoms with Gasteiger partial charge < -0.3 is 4.74 Å². The van der Waals surface area contributed by atoms with Crippen molar-refractivity contribution in [2.24, 2.45) is 23.7 Å². The van der Waals surface area contributed by atoms with Gasteiger partial charge in [-0.3, -0.25) is 4.79 Å². The minimum atomic E-state index is -0.0101. The van der Waals surface area contributed by atoms with Crippen molar-refractivity contribution in [1.29, 1.82) is 0 Å². The van der Waals surface area contributed by atoms with E-state index in [-0.39, 0.29) is 17.8 Å². The van der Waals surface area contributed by atoms with Gasteiger partial charge in [-0.05, 0) is 48.1 Å². The maximum atomic E-state index is 12.6. The van der Waals surface area contributed by atoms with Crippen LogP contribution < -0.4 is 0 Å².